The summed E-state index contributed by atoms with van der Waals surface area (Å²) in [6, 6.07) is -0.260. The van der Waals surface area contributed by atoms with Gasteiger partial charge in [-0.3, -0.25) is 4.79 Å². The predicted octanol–water partition coefficient (Wildman–Crippen LogP) is 1.97. The maximum atomic E-state index is 14.1. The summed E-state index contributed by atoms with van der Waals surface area (Å²) in [6.07, 6.45) is -0.414. The summed E-state index contributed by atoms with van der Waals surface area (Å²) in [4.78, 5) is 22.8. The van der Waals surface area contributed by atoms with Gasteiger partial charge < -0.3 is 20.0 Å². The number of carboxylic acids is 1. The number of halogens is 3. The maximum Gasteiger partial charge on any atom is 0.303 e. The van der Waals surface area contributed by atoms with Crippen LogP contribution in [0.2, 0.25) is 5.02 Å². The number of β-amino-alcohol motifs (C(OH)–C–C–N with tert-alkyl or cyclic N) is 1. The molecule has 1 aliphatic carbocycles. The molecule has 2 saturated heterocycles. The number of rotatable bonds is 5. The number of aliphatic hydroxyl groups is 1. The van der Waals surface area contributed by atoms with Crippen LogP contribution in [-0.2, 0) is 10.7 Å². The molecule has 0 aromatic carbocycles. The molecule has 1 aromatic heterocycles. The van der Waals surface area contributed by atoms with Crippen LogP contribution in [0.5, 0.6) is 0 Å². The summed E-state index contributed by atoms with van der Waals surface area (Å²) in [5.74, 6) is -3.07. The number of aromatic nitrogens is 2. The largest absolute Gasteiger partial charge is 0.481 e. The lowest BCUT2D eigenvalue weighted by Gasteiger charge is -2.43. The Hall–Kier alpha value is -1.74. The van der Waals surface area contributed by atoms with Gasteiger partial charge in [-0.25, -0.2) is 4.98 Å². The molecule has 0 bridgehead atoms. The lowest BCUT2D eigenvalue weighted by molar-refractivity contribution is -0.137. The van der Waals surface area contributed by atoms with Crippen LogP contribution >= 0.6 is 11.6 Å². The van der Waals surface area contributed by atoms with Gasteiger partial charge in [-0.15, -0.1) is 0 Å². The monoisotopic (exact) mass is 402 g/mol. The molecule has 0 radical (unpaired) electrons. The third-order valence-corrected chi connectivity index (χ3v) is 6.36. The van der Waals surface area contributed by atoms with Crippen LogP contribution in [0.3, 0.4) is 0 Å². The maximum absolute atomic E-state index is 14.1. The minimum atomic E-state index is -3.23. The highest BCUT2D eigenvalue weighted by molar-refractivity contribution is 6.33. The van der Waals surface area contributed by atoms with Gasteiger partial charge in [0.25, 0.3) is 5.92 Å². The standard InChI is InChI=1S/C17H21ClF2N4O3/c1-7-11(25)6-24(7)16-21-14(17(2,19)20)13(18)15(22-16)23-4-9-8(3-12(26)27)10(9)5-23/h7-11,25H,3-6H2,1-2H3,(H,26,27)/t7-,8-,9-,10+,11+/m0/s1. The van der Waals surface area contributed by atoms with Gasteiger partial charge in [0.1, 0.15) is 10.7 Å². The van der Waals surface area contributed by atoms with Crippen LogP contribution in [0.4, 0.5) is 20.5 Å². The molecule has 27 heavy (non-hydrogen) atoms. The third-order valence-electron chi connectivity index (χ3n) is 6.01. The van der Waals surface area contributed by atoms with Crippen molar-refractivity contribution >= 4 is 29.3 Å². The first-order chi connectivity index (χ1) is 12.6. The van der Waals surface area contributed by atoms with Gasteiger partial charge in [0.2, 0.25) is 5.95 Å². The van der Waals surface area contributed by atoms with Gasteiger partial charge in [0, 0.05) is 33.0 Å². The quantitative estimate of drug-likeness (QED) is 0.778. The van der Waals surface area contributed by atoms with E-state index in [-0.39, 0.29) is 53.5 Å². The number of carboxylic acid groups (broad SMARTS) is 1. The van der Waals surface area contributed by atoms with Gasteiger partial charge in [-0.2, -0.15) is 13.8 Å². The van der Waals surface area contributed by atoms with E-state index in [1.165, 1.54) is 0 Å². The minimum absolute atomic E-state index is 0.131. The first kappa shape index (κ1) is 18.6. The number of hydrogen-bond donors (Lipinski definition) is 2. The van der Waals surface area contributed by atoms with Crippen molar-refractivity contribution in [3.05, 3.63) is 10.7 Å². The van der Waals surface area contributed by atoms with E-state index < -0.39 is 23.7 Å². The van der Waals surface area contributed by atoms with Gasteiger partial charge in [-0.1, -0.05) is 11.6 Å². The molecule has 7 nitrogen and oxygen atoms in total. The van der Waals surface area contributed by atoms with Crippen molar-refractivity contribution < 1.29 is 23.8 Å². The van der Waals surface area contributed by atoms with E-state index in [4.69, 9.17) is 16.7 Å². The molecule has 0 spiro atoms. The summed E-state index contributed by atoms with van der Waals surface area (Å²) in [7, 11) is 0. The smallest absolute Gasteiger partial charge is 0.303 e. The Morgan fingerprint density at radius 1 is 1.30 bits per heavy atom. The number of aliphatic hydroxyl groups excluding tert-OH is 1. The van der Waals surface area contributed by atoms with Gasteiger partial charge in [0.05, 0.1) is 12.1 Å². The Balaban J connectivity index is 1.62. The average Bonchev–Trinajstić information content (AvgIpc) is 3.02. The number of nitrogens with zero attached hydrogens (tertiary/aromatic N) is 4. The predicted molar refractivity (Wildman–Crippen MR) is 94.4 cm³/mol. The Bertz CT molecular complexity index is 778. The molecule has 1 saturated carbocycles. The Morgan fingerprint density at radius 3 is 2.41 bits per heavy atom. The molecule has 1 aromatic rings. The zero-order valence-electron chi connectivity index (χ0n) is 14.9. The molecule has 3 heterocycles. The molecular weight excluding hydrogens is 382 g/mol. The first-order valence-electron chi connectivity index (χ1n) is 8.95. The van der Waals surface area contributed by atoms with Crippen molar-refractivity contribution in [3.8, 4) is 0 Å². The highest BCUT2D eigenvalue weighted by atomic mass is 35.5. The average molecular weight is 403 g/mol. The summed E-state index contributed by atoms with van der Waals surface area (Å²) < 4.78 is 28.2. The number of aliphatic carboxylic acids is 1. The molecule has 148 valence electrons. The second kappa shape index (κ2) is 6.13. The Kier molecular flexibility index (Phi) is 4.23. The molecule has 5 atom stereocenters. The lowest BCUT2D eigenvalue weighted by atomic mass is 10.0. The summed E-state index contributed by atoms with van der Waals surface area (Å²) in [6.45, 7) is 3.89. The number of anilines is 2. The van der Waals surface area contributed by atoms with Crippen LogP contribution in [0.15, 0.2) is 0 Å². The highest BCUT2D eigenvalue weighted by Gasteiger charge is 2.56. The zero-order valence-corrected chi connectivity index (χ0v) is 15.7. The van der Waals surface area contributed by atoms with E-state index in [0.29, 0.717) is 13.1 Å². The highest BCUT2D eigenvalue weighted by Crippen LogP contribution is 2.55. The van der Waals surface area contributed by atoms with Gasteiger partial charge in [0.15, 0.2) is 5.82 Å². The van der Waals surface area contributed by atoms with E-state index in [1.54, 1.807) is 11.8 Å². The fraction of sp³-hybridized carbons (Fsp3) is 0.706. The van der Waals surface area contributed by atoms with E-state index >= 15 is 0 Å². The Morgan fingerprint density at radius 2 is 1.93 bits per heavy atom. The fourth-order valence-corrected chi connectivity index (χ4v) is 4.60. The Labute approximate surface area is 160 Å². The van der Waals surface area contributed by atoms with Crippen LogP contribution in [0, 0.1) is 17.8 Å². The second-order valence-corrected chi connectivity index (χ2v) is 8.23. The van der Waals surface area contributed by atoms with Crippen molar-refractivity contribution in [1.29, 1.82) is 0 Å². The second-order valence-electron chi connectivity index (χ2n) is 7.85. The summed E-state index contributed by atoms with van der Waals surface area (Å²) in [5, 5.41) is 18.5. The van der Waals surface area contributed by atoms with E-state index in [1.807, 2.05) is 4.90 Å². The molecular formula is C17H21ClF2N4O3. The lowest BCUT2D eigenvalue weighted by Crippen LogP contribution is -2.59. The molecule has 4 rings (SSSR count). The number of alkyl halides is 2. The van der Waals surface area contributed by atoms with Crippen molar-refractivity contribution in [2.75, 3.05) is 29.4 Å². The van der Waals surface area contributed by atoms with Crippen LogP contribution in [0.25, 0.3) is 0 Å². The fourth-order valence-electron chi connectivity index (χ4n) is 4.23. The van der Waals surface area contributed by atoms with Crippen molar-refractivity contribution in [2.45, 2.75) is 38.3 Å². The number of fused-ring (bicyclic) bond motifs is 1. The molecule has 10 heteroatoms. The topological polar surface area (TPSA) is 89.8 Å². The third kappa shape index (κ3) is 3.10. The molecule has 0 amide bonds. The summed E-state index contributed by atoms with van der Waals surface area (Å²) >= 11 is 6.25. The SMILES string of the molecule is C[C@H]1[C@H](O)CN1c1nc(N2C[C@@H]3[C@@H](CC(=O)O)[C@@H]3C2)c(Cl)c(C(C)(F)F)n1. The molecule has 2 N–H and O–H groups in total. The van der Waals surface area contributed by atoms with Gasteiger partial charge >= 0.3 is 5.97 Å². The van der Waals surface area contributed by atoms with Gasteiger partial charge in [-0.05, 0) is 24.7 Å². The molecule has 3 fully saturated rings. The zero-order chi connectivity index (χ0) is 19.7. The van der Waals surface area contributed by atoms with Crippen molar-refractivity contribution in [2.24, 2.45) is 17.8 Å². The minimum Gasteiger partial charge on any atom is -0.481 e. The molecule has 0 unspecified atom stereocenters. The number of hydrogen-bond acceptors (Lipinski definition) is 6. The van der Waals surface area contributed by atoms with E-state index in [2.05, 4.69) is 9.97 Å². The van der Waals surface area contributed by atoms with Crippen molar-refractivity contribution in [3.63, 3.8) is 0 Å². The first-order valence-corrected chi connectivity index (χ1v) is 9.33. The molecule has 2 aliphatic heterocycles. The van der Waals surface area contributed by atoms with E-state index in [9.17, 15) is 18.7 Å². The van der Waals surface area contributed by atoms with Crippen LogP contribution in [0.1, 0.15) is 26.0 Å². The van der Waals surface area contributed by atoms with Crippen LogP contribution in [-0.4, -0.2) is 57.9 Å². The molecule has 3 aliphatic rings. The van der Waals surface area contributed by atoms with Crippen molar-refractivity contribution in [1.82, 2.24) is 9.97 Å². The number of piperidine rings is 1. The normalized spacial score (nSPS) is 32.3. The number of carbonyl (C=O) groups is 1. The van der Waals surface area contributed by atoms with Crippen LogP contribution < -0.4 is 9.80 Å². The summed E-state index contributed by atoms with van der Waals surface area (Å²) in [5.41, 5.74) is -0.527. The van der Waals surface area contributed by atoms with E-state index in [0.717, 1.165) is 6.92 Å².